The van der Waals surface area contributed by atoms with E-state index in [9.17, 15) is 19.0 Å². The maximum absolute atomic E-state index is 13.7. The standard InChI is InChI=1S/C11H12BrF2NO2/c12-7-1-2-8(13)6(11(7)14)3-15-4-9(16)10(17)5-15/h1-2,9-10,16-17H,3-5H2/t9-,10+. The van der Waals surface area contributed by atoms with E-state index in [0.29, 0.717) is 0 Å². The number of benzene rings is 1. The number of aliphatic hydroxyl groups excluding tert-OH is 2. The van der Waals surface area contributed by atoms with Gasteiger partial charge >= 0.3 is 0 Å². The molecular formula is C11H12BrF2NO2. The van der Waals surface area contributed by atoms with Gasteiger partial charge in [-0.2, -0.15) is 0 Å². The first-order chi connectivity index (χ1) is 7.99. The highest BCUT2D eigenvalue weighted by molar-refractivity contribution is 9.10. The molecule has 0 spiro atoms. The van der Waals surface area contributed by atoms with Crippen LogP contribution in [-0.4, -0.2) is 40.4 Å². The first kappa shape index (κ1) is 12.9. The van der Waals surface area contributed by atoms with E-state index >= 15 is 0 Å². The van der Waals surface area contributed by atoms with Crippen molar-refractivity contribution in [1.82, 2.24) is 4.90 Å². The highest BCUT2D eigenvalue weighted by Crippen LogP contribution is 2.24. The molecule has 0 amide bonds. The molecule has 0 bridgehead atoms. The smallest absolute Gasteiger partial charge is 0.144 e. The topological polar surface area (TPSA) is 43.7 Å². The Balaban J connectivity index is 2.17. The summed E-state index contributed by atoms with van der Waals surface area (Å²) < 4.78 is 27.3. The summed E-state index contributed by atoms with van der Waals surface area (Å²) >= 11 is 2.99. The van der Waals surface area contributed by atoms with E-state index < -0.39 is 23.8 Å². The van der Waals surface area contributed by atoms with Crippen LogP contribution in [0.4, 0.5) is 8.78 Å². The molecule has 0 unspecified atom stereocenters. The highest BCUT2D eigenvalue weighted by atomic mass is 79.9. The van der Waals surface area contributed by atoms with Gasteiger partial charge in [-0.25, -0.2) is 8.78 Å². The predicted octanol–water partition coefficient (Wildman–Crippen LogP) is 1.26. The maximum Gasteiger partial charge on any atom is 0.144 e. The van der Waals surface area contributed by atoms with E-state index in [0.717, 1.165) is 0 Å². The predicted molar refractivity (Wildman–Crippen MR) is 61.3 cm³/mol. The largest absolute Gasteiger partial charge is 0.389 e. The van der Waals surface area contributed by atoms with Crippen molar-refractivity contribution in [1.29, 1.82) is 0 Å². The molecule has 3 nitrogen and oxygen atoms in total. The van der Waals surface area contributed by atoms with E-state index in [2.05, 4.69) is 15.9 Å². The lowest BCUT2D eigenvalue weighted by molar-refractivity contribution is 0.0572. The Labute approximate surface area is 106 Å². The van der Waals surface area contributed by atoms with Gasteiger partial charge in [0.15, 0.2) is 0 Å². The summed E-state index contributed by atoms with van der Waals surface area (Å²) in [6, 6.07) is 2.49. The third-order valence-electron chi connectivity index (χ3n) is 2.86. The lowest BCUT2D eigenvalue weighted by atomic mass is 10.2. The van der Waals surface area contributed by atoms with Gasteiger partial charge in [0.05, 0.1) is 16.7 Å². The van der Waals surface area contributed by atoms with Crippen LogP contribution in [0.5, 0.6) is 0 Å². The minimum absolute atomic E-state index is 0.0330. The van der Waals surface area contributed by atoms with Crippen LogP contribution in [0.1, 0.15) is 5.56 Å². The monoisotopic (exact) mass is 307 g/mol. The molecule has 6 heteroatoms. The molecule has 0 saturated carbocycles. The van der Waals surface area contributed by atoms with E-state index in [1.807, 2.05) is 0 Å². The van der Waals surface area contributed by atoms with Crippen LogP contribution in [0.2, 0.25) is 0 Å². The van der Waals surface area contributed by atoms with Gasteiger partial charge in [-0.15, -0.1) is 0 Å². The van der Waals surface area contributed by atoms with Crippen molar-refractivity contribution in [3.63, 3.8) is 0 Å². The van der Waals surface area contributed by atoms with Crippen LogP contribution in [-0.2, 0) is 6.54 Å². The third-order valence-corrected chi connectivity index (χ3v) is 3.47. The molecule has 1 aliphatic rings. The fourth-order valence-electron chi connectivity index (χ4n) is 1.91. The minimum atomic E-state index is -0.853. The second kappa shape index (κ2) is 4.97. The molecule has 1 aromatic carbocycles. The second-order valence-electron chi connectivity index (χ2n) is 4.15. The van der Waals surface area contributed by atoms with Crippen LogP contribution < -0.4 is 0 Å². The van der Waals surface area contributed by atoms with Crippen LogP contribution in [0, 0.1) is 11.6 Å². The molecule has 0 aliphatic carbocycles. The van der Waals surface area contributed by atoms with Crippen molar-refractivity contribution >= 4 is 15.9 Å². The summed E-state index contributed by atoms with van der Waals surface area (Å²) in [6.07, 6.45) is -1.71. The lowest BCUT2D eigenvalue weighted by Crippen LogP contribution is -2.22. The quantitative estimate of drug-likeness (QED) is 0.809. The van der Waals surface area contributed by atoms with Crippen molar-refractivity contribution in [2.45, 2.75) is 18.8 Å². The molecule has 1 fully saturated rings. The zero-order valence-corrected chi connectivity index (χ0v) is 10.5. The summed E-state index contributed by atoms with van der Waals surface area (Å²) in [5, 5.41) is 18.7. The molecule has 2 rings (SSSR count). The molecule has 1 aromatic rings. The van der Waals surface area contributed by atoms with Gasteiger partial charge in [0.1, 0.15) is 11.6 Å². The minimum Gasteiger partial charge on any atom is -0.389 e. The molecule has 1 aliphatic heterocycles. The number of aliphatic hydroxyl groups is 2. The molecule has 2 atom stereocenters. The summed E-state index contributed by atoms with van der Waals surface area (Å²) in [6.45, 7) is 0.463. The average Bonchev–Trinajstić information content (AvgIpc) is 2.59. The Morgan fingerprint density at radius 3 is 2.41 bits per heavy atom. The van der Waals surface area contributed by atoms with Gasteiger partial charge in [-0.3, -0.25) is 4.90 Å². The number of β-amino-alcohol motifs (C(OH)–C–C–N with tert-alkyl or cyclic N) is 2. The van der Waals surface area contributed by atoms with Gasteiger partial charge in [0.25, 0.3) is 0 Å². The maximum atomic E-state index is 13.7. The normalized spacial score (nSPS) is 25.5. The number of likely N-dealkylation sites (tertiary alicyclic amines) is 1. The fourth-order valence-corrected chi connectivity index (χ4v) is 2.29. The van der Waals surface area contributed by atoms with E-state index in [-0.39, 0.29) is 29.7 Å². The van der Waals surface area contributed by atoms with Gasteiger partial charge in [0.2, 0.25) is 0 Å². The van der Waals surface area contributed by atoms with E-state index in [1.165, 1.54) is 12.1 Å². The van der Waals surface area contributed by atoms with Crippen LogP contribution >= 0.6 is 15.9 Å². The molecular weight excluding hydrogens is 296 g/mol. The summed E-state index contributed by atoms with van der Waals surface area (Å²) in [7, 11) is 0. The average molecular weight is 308 g/mol. The number of nitrogens with zero attached hydrogens (tertiary/aromatic N) is 1. The zero-order valence-electron chi connectivity index (χ0n) is 8.91. The van der Waals surface area contributed by atoms with Crippen LogP contribution in [0.15, 0.2) is 16.6 Å². The Kier molecular flexibility index (Phi) is 3.77. The first-order valence-electron chi connectivity index (χ1n) is 5.20. The van der Waals surface area contributed by atoms with Crippen molar-refractivity contribution in [2.75, 3.05) is 13.1 Å². The summed E-state index contributed by atoms with van der Waals surface area (Å²) in [5.74, 6) is -1.26. The van der Waals surface area contributed by atoms with Gasteiger partial charge in [-0.1, -0.05) is 0 Å². The molecule has 0 radical (unpaired) electrons. The number of halogens is 3. The third kappa shape index (κ3) is 2.65. The Morgan fingerprint density at radius 1 is 1.24 bits per heavy atom. The molecule has 2 N–H and O–H groups in total. The van der Waals surface area contributed by atoms with Gasteiger partial charge in [0, 0.05) is 25.2 Å². The van der Waals surface area contributed by atoms with Crippen LogP contribution in [0.3, 0.4) is 0 Å². The van der Waals surface area contributed by atoms with Crippen LogP contribution in [0.25, 0.3) is 0 Å². The first-order valence-corrected chi connectivity index (χ1v) is 5.99. The fraction of sp³-hybridized carbons (Fsp3) is 0.455. The lowest BCUT2D eigenvalue weighted by Gasteiger charge is -2.16. The Hall–Kier alpha value is -0.560. The van der Waals surface area contributed by atoms with E-state index in [4.69, 9.17) is 0 Å². The summed E-state index contributed by atoms with van der Waals surface area (Å²) in [4.78, 5) is 1.61. The van der Waals surface area contributed by atoms with Gasteiger partial charge < -0.3 is 10.2 Å². The molecule has 17 heavy (non-hydrogen) atoms. The highest BCUT2D eigenvalue weighted by Gasteiger charge is 2.30. The Bertz CT molecular complexity index is 420. The number of hydrogen-bond acceptors (Lipinski definition) is 3. The van der Waals surface area contributed by atoms with Crippen molar-refractivity contribution in [3.05, 3.63) is 33.8 Å². The van der Waals surface area contributed by atoms with Crippen molar-refractivity contribution in [3.8, 4) is 0 Å². The van der Waals surface area contributed by atoms with Crippen molar-refractivity contribution < 1.29 is 19.0 Å². The molecule has 1 saturated heterocycles. The number of hydrogen-bond donors (Lipinski definition) is 2. The number of rotatable bonds is 2. The molecule has 1 heterocycles. The molecule has 94 valence electrons. The SMILES string of the molecule is O[C@@H]1CN(Cc2c(F)ccc(Br)c2F)C[C@@H]1O. The van der Waals surface area contributed by atoms with Crippen molar-refractivity contribution in [2.24, 2.45) is 0 Å². The van der Waals surface area contributed by atoms with E-state index in [1.54, 1.807) is 4.90 Å². The summed E-state index contributed by atoms with van der Waals surface area (Å²) in [5.41, 5.74) is -0.0549. The second-order valence-corrected chi connectivity index (χ2v) is 5.00. The molecule has 0 aromatic heterocycles. The zero-order chi connectivity index (χ0) is 12.6. The van der Waals surface area contributed by atoms with Gasteiger partial charge in [-0.05, 0) is 28.1 Å². The Morgan fingerprint density at radius 2 is 1.82 bits per heavy atom.